The van der Waals surface area contributed by atoms with Crippen molar-refractivity contribution in [3.63, 3.8) is 0 Å². The molecule has 4 heteroatoms. The number of thiazole rings is 1. The third kappa shape index (κ3) is 2.96. The highest BCUT2D eigenvalue weighted by Gasteiger charge is 2.15. The molecule has 18 heavy (non-hydrogen) atoms. The molecule has 3 nitrogen and oxygen atoms in total. The van der Waals surface area contributed by atoms with Crippen molar-refractivity contribution in [2.75, 3.05) is 0 Å². The molecule has 2 aromatic rings. The van der Waals surface area contributed by atoms with Crippen LogP contribution < -0.4 is 0 Å². The highest BCUT2D eigenvalue weighted by Crippen LogP contribution is 2.20. The summed E-state index contributed by atoms with van der Waals surface area (Å²) in [6.07, 6.45) is 2.43. The molecule has 0 saturated heterocycles. The number of carboxylic acids is 1. The molecule has 1 heterocycles. The van der Waals surface area contributed by atoms with Gasteiger partial charge in [-0.25, -0.2) is 9.78 Å². The molecule has 0 aliphatic heterocycles. The fourth-order valence-corrected chi connectivity index (χ4v) is 2.81. The van der Waals surface area contributed by atoms with E-state index in [1.54, 1.807) is 0 Å². The molecule has 0 amide bonds. The molecular weight excluding hydrogens is 246 g/mol. The van der Waals surface area contributed by atoms with Gasteiger partial charge < -0.3 is 5.11 Å². The van der Waals surface area contributed by atoms with Crippen LogP contribution in [0.15, 0.2) is 30.3 Å². The van der Waals surface area contributed by atoms with Crippen molar-refractivity contribution in [3.8, 4) is 0 Å². The zero-order valence-electron chi connectivity index (χ0n) is 10.2. The Bertz CT molecular complexity index is 534. The van der Waals surface area contributed by atoms with Crippen LogP contribution in [-0.2, 0) is 19.3 Å². The molecule has 94 valence electrons. The Kier molecular flexibility index (Phi) is 4.10. The topological polar surface area (TPSA) is 50.2 Å². The predicted molar refractivity (Wildman–Crippen MR) is 72.3 cm³/mol. The number of aromatic nitrogens is 1. The Labute approximate surface area is 110 Å². The number of hydrogen-bond acceptors (Lipinski definition) is 3. The molecule has 0 unspecified atom stereocenters. The van der Waals surface area contributed by atoms with E-state index < -0.39 is 5.97 Å². The first kappa shape index (κ1) is 12.8. The van der Waals surface area contributed by atoms with E-state index in [1.807, 2.05) is 25.1 Å². The summed E-state index contributed by atoms with van der Waals surface area (Å²) in [7, 11) is 0. The Morgan fingerprint density at radius 2 is 2.00 bits per heavy atom. The van der Waals surface area contributed by atoms with Crippen LogP contribution in [0.25, 0.3) is 0 Å². The van der Waals surface area contributed by atoms with Crippen LogP contribution in [-0.4, -0.2) is 16.1 Å². The predicted octanol–water partition coefficient (Wildman–Crippen LogP) is 3.19. The van der Waals surface area contributed by atoms with Crippen molar-refractivity contribution in [2.24, 2.45) is 0 Å². The summed E-state index contributed by atoms with van der Waals surface area (Å²) in [5, 5.41) is 9.95. The maximum atomic E-state index is 11.0. The van der Waals surface area contributed by atoms with Crippen LogP contribution in [0.5, 0.6) is 0 Å². The quantitative estimate of drug-likeness (QED) is 0.899. The van der Waals surface area contributed by atoms with Crippen LogP contribution >= 0.6 is 11.3 Å². The molecule has 1 aromatic heterocycles. The van der Waals surface area contributed by atoms with Crippen LogP contribution in [0, 0.1) is 0 Å². The van der Waals surface area contributed by atoms with E-state index in [1.165, 1.54) is 16.9 Å². The molecule has 0 aliphatic carbocycles. The normalized spacial score (nSPS) is 10.5. The second-order valence-electron chi connectivity index (χ2n) is 4.02. The largest absolute Gasteiger partial charge is 0.476 e. The molecule has 1 N–H and O–H groups in total. The van der Waals surface area contributed by atoms with Crippen molar-refractivity contribution >= 4 is 17.3 Å². The van der Waals surface area contributed by atoms with E-state index in [9.17, 15) is 4.79 Å². The van der Waals surface area contributed by atoms with Gasteiger partial charge in [0.05, 0.1) is 5.01 Å². The van der Waals surface area contributed by atoms with Gasteiger partial charge in [0, 0.05) is 11.3 Å². The summed E-state index contributed by atoms with van der Waals surface area (Å²) in [5.41, 5.74) is 1.48. The van der Waals surface area contributed by atoms with E-state index >= 15 is 0 Å². The molecular formula is C14H15NO2S. The molecule has 1 aromatic carbocycles. The van der Waals surface area contributed by atoms with Gasteiger partial charge in [-0.1, -0.05) is 37.3 Å². The zero-order valence-corrected chi connectivity index (χ0v) is 11.0. The molecule has 0 fully saturated rings. The smallest absolute Gasteiger partial charge is 0.355 e. The first-order chi connectivity index (χ1) is 8.70. The molecule has 0 atom stereocenters. The number of carbonyl (C=O) groups is 1. The first-order valence-electron chi connectivity index (χ1n) is 5.96. The van der Waals surface area contributed by atoms with Crippen molar-refractivity contribution in [1.82, 2.24) is 4.98 Å². The van der Waals surface area contributed by atoms with Gasteiger partial charge in [0.25, 0.3) is 0 Å². The third-order valence-electron chi connectivity index (χ3n) is 2.74. The standard InChI is InChI=1S/C14H15NO2S/c1-2-11-13(14(16)17)15-12(18-11)9-8-10-6-4-3-5-7-10/h3-7H,2,8-9H2,1H3,(H,16,17). The maximum absolute atomic E-state index is 11.0. The number of aromatic carboxylic acids is 1. The molecule has 2 rings (SSSR count). The van der Waals surface area contributed by atoms with Gasteiger partial charge in [-0.05, 0) is 18.4 Å². The minimum Gasteiger partial charge on any atom is -0.476 e. The lowest BCUT2D eigenvalue weighted by Crippen LogP contribution is -2.00. The Morgan fingerprint density at radius 3 is 2.56 bits per heavy atom. The number of rotatable bonds is 5. The Morgan fingerprint density at radius 1 is 1.28 bits per heavy atom. The van der Waals surface area contributed by atoms with Crippen LogP contribution in [0.4, 0.5) is 0 Å². The number of aryl methyl sites for hydroxylation is 3. The summed E-state index contributed by atoms with van der Waals surface area (Å²) in [6.45, 7) is 1.96. The average molecular weight is 261 g/mol. The SMILES string of the molecule is CCc1sc(CCc2ccccc2)nc1C(=O)O. The van der Waals surface area contributed by atoms with Gasteiger partial charge in [0.15, 0.2) is 5.69 Å². The van der Waals surface area contributed by atoms with E-state index in [4.69, 9.17) is 5.11 Å². The van der Waals surface area contributed by atoms with Gasteiger partial charge in [-0.3, -0.25) is 0 Å². The molecule has 0 radical (unpaired) electrons. The van der Waals surface area contributed by atoms with Crippen molar-refractivity contribution in [3.05, 3.63) is 51.5 Å². The van der Waals surface area contributed by atoms with Gasteiger partial charge in [-0.2, -0.15) is 0 Å². The summed E-state index contributed by atoms with van der Waals surface area (Å²) in [6, 6.07) is 10.2. The maximum Gasteiger partial charge on any atom is 0.355 e. The van der Waals surface area contributed by atoms with E-state index in [0.717, 1.165) is 29.1 Å². The van der Waals surface area contributed by atoms with Gasteiger partial charge in [-0.15, -0.1) is 11.3 Å². The van der Waals surface area contributed by atoms with Crippen molar-refractivity contribution in [2.45, 2.75) is 26.2 Å². The minimum atomic E-state index is -0.922. The van der Waals surface area contributed by atoms with Gasteiger partial charge >= 0.3 is 5.97 Å². The lowest BCUT2D eigenvalue weighted by molar-refractivity contribution is 0.0690. The van der Waals surface area contributed by atoms with E-state index in [2.05, 4.69) is 17.1 Å². The summed E-state index contributed by atoms with van der Waals surface area (Å²) in [4.78, 5) is 16.1. The molecule has 0 bridgehead atoms. The van der Waals surface area contributed by atoms with Crippen LogP contribution in [0.1, 0.15) is 32.9 Å². The molecule has 0 saturated carbocycles. The average Bonchev–Trinajstić information content (AvgIpc) is 2.81. The minimum absolute atomic E-state index is 0.227. The van der Waals surface area contributed by atoms with Crippen LogP contribution in [0.2, 0.25) is 0 Å². The summed E-state index contributed by atoms with van der Waals surface area (Å²) < 4.78 is 0. The first-order valence-corrected chi connectivity index (χ1v) is 6.78. The number of hydrogen-bond donors (Lipinski definition) is 1. The number of carboxylic acid groups (broad SMARTS) is 1. The summed E-state index contributed by atoms with van der Waals surface area (Å²) in [5.74, 6) is -0.922. The monoisotopic (exact) mass is 261 g/mol. The number of benzene rings is 1. The van der Waals surface area contributed by atoms with Crippen molar-refractivity contribution < 1.29 is 9.90 Å². The van der Waals surface area contributed by atoms with Gasteiger partial charge in [0.2, 0.25) is 0 Å². The van der Waals surface area contributed by atoms with Gasteiger partial charge in [0.1, 0.15) is 0 Å². The Balaban J connectivity index is 2.08. The lowest BCUT2D eigenvalue weighted by Gasteiger charge is -1.97. The highest BCUT2D eigenvalue weighted by atomic mass is 32.1. The number of nitrogens with zero attached hydrogens (tertiary/aromatic N) is 1. The van der Waals surface area contributed by atoms with E-state index in [0.29, 0.717) is 0 Å². The lowest BCUT2D eigenvalue weighted by atomic mass is 10.1. The second-order valence-corrected chi connectivity index (χ2v) is 5.19. The summed E-state index contributed by atoms with van der Waals surface area (Å²) >= 11 is 1.52. The second kappa shape index (κ2) is 5.78. The molecule has 0 aliphatic rings. The fourth-order valence-electron chi connectivity index (χ4n) is 1.81. The highest BCUT2D eigenvalue weighted by molar-refractivity contribution is 7.11. The molecule has 0 spiro atoms. The van der Waals surface area contributed by atoms with Crippen molar-refractivity contribution in [1.29, 1.82) is 0 Å². The van der Waals surface area contributed by atoms with E-state index in [-0.39, 0.29) is 5.69 Å². The van der Waals surface area contributed by atoms with Crippen LogP contribution in [0.3, 0.4) is 0 Å². The third-order valence-corrected chi connectivity index (χ3v) is 4.00. The fraction of sp³-hybridized carbons (Fsp3) is 0.286. The zero-order chi connectivity index (χ0) is 13.0. The Hall–Kier alpha value is -1.68.